The molecule has 1 heterocycles. The number of hydrogen-bond acceptors (Lipinski definition) is 3. The number of aryl methyl sites for hydroxylation is 1. The van der Waals surface area contributed by atoms with Crippen LogP contribution in [0.25, 0.3) is 0 Å². The van der Waals surface area contributed by atoms with E-state index in [0.717, 1.165) is 5.69 Å². The summed E-state index contributed by atoms with van der Waals surface area (Å²) in [6.45, 7) is 4.61. The fourth-order valence-corrected chi connectivity index (χ4v) is 2.09. The van der Waals surface area contributed by atoms with Gasteiger partial charge >= 0.3 is 0 Å². The van der Waals surface area contributed by atoms with Crippen molar-refractivity contribution < 1.29 is 4.79 Å². The first-order valence-electron chi connectivity index (χ1n) is 6.68. The maximum atomic E-state index is 12.7. The van der Waals surface area contributed by atoms with E-state index in [4.69, 9.17) is 0 Å². The minimum absolute atomic E-state index is 0.0474. The van der Waals surface area contributed by atoms with Crippen LogP contribution in [0.2, 0.25) is 0 Å². The van der Waals surface area contributed by atoms with Gasteiger partial charge < -0.3 is 10.2 Å². The summed E-state index contributed by atoms with van der Waals surface area (Å²) < 4.78 is 0. The minimum atomic E-state index is -0.0474. The molecular weight excluding hydrogens is 250 g/mol. The molecule has 4 heteroatoms. The molecule has 0 bridgehead atoms. The Labute approximate surface area is 119 Å². The maximum absolute atomic E-state index is 12.7. The minimum Gasteiger partial charge on any atom is -0.372 e. The molecule has 0 atom stereocenters. The first-order valence-corrected chi connectivity index (χ1v) is 6.68. The monoisotopic (exact) mass is 269 g/mol. The number of pyridine rings is 1. The summed E-state index contributed by atoms with van der Waals surface area (Å²) in [4.78, 5) is 18.6. The molecule has 2 rings (SSSR count). The van der Waals surface area contributed by atoms with Crippen LogP contribution in [0, 0.1) is 6.92 Å². The summed E-state index contributed by atoms with van der Waals surface area (Å²) in [7, 11) is 1.77. The average molecular weight is 269 g/mol. The molecule has 0 aliphatic rings. The zero-order valence-electron chi connectivity index (χ0n) is 12.1. The molecule has 0 saturated heterocycles. The Morgan fingerprint density at radius 3 is 2.55 bits per heavy atom. The lowest BCUT2D eigenvalue weighted by Crippen LogP contribution is -2.31. The number of aromatic nitrogens is 1. The Morgan fingerprint density at radius 1 is 1.25 bits per heavy atom. The van der Waals surface area contributed by atoms with Crippen LogP contribution in [0.4, 0.5) is 11.5 Å². The molecular formula is C16H19N3O. The zero-order valence-corrected chi connectivity index (χ0v) is 12.1. The molecule has 0 fully saturated rings. The third-order valence-electron chi connectivity index (χ3n) is 3.18. The van der Waals surface area contributed by atoms with Gasteiger partial charge in [-0.25, -0.2) is 4.98 Å². The number of hydrogen-bond donors (Lipinski definition) is 1. The van der Waals surface area contributed by atoms with Crippen molar-refractivity contribution in [1.82, 2.24) is 4.98 Å². The fraction of sp³-hybridized carbons (Fsp3) is 0.250. The Hall–Kier alpha value is -2.36. The van der Waals surface area contributed by atoms with E-state index >= 15 is 0 Å². The van der Waals surface area contributed by atoms with Crippen LogP contribution in [-0.4, -0.2) is 24.5 Å². The van der Waals surface area contributed by atoms with Crippen molar-refractivity contribution in [3.63, 3.8) is 0 Å². The Kier molecular flexibility index (Phi) is 4.35. The van der Waals surface area contributed by atoms with Crippen molar-refractivity contribution in [3.05, 3.63) is 53.7 Å². The topological polar surface area (TPSA) is 45.2 Å². The van der Waals surface area contributed by atoms with E-state index in [-0.39, 0.29) is 5.91 Å². The predicted octanol–water partition coefficient (Wildman–Crippen LogP) is 3.10. The van der Waals surface area contributed by atoms with E-state index in [0.29, 0.717) is 17.9 Å². The number of amides is 1. The Bertz CT molecular complexity index is 593. The lowest BCUT2D eigenvalue weighted by molar-refractivity contribution is 0.0989. The van der Waals surface area contributed by atoms with Gasteiger partial charge in [0, 0.05) is 25.5 Å². The molecule has 4 nitrogen and oxygen atoms in total. The van der Waals surface area contributed by atoms with Crippen LogP contribution >= 0.6 is 0 Å². The standard InChI is InChI=1S/C16H19N3O/c1-4-19(13-9-7-12(2)8-10-13)16(20)14-6-5-11-18-15(14)17-3/h5-11H,4H2,1-3H3,(H,17,18). The van der Waals surface area contributed by atoms with Gasteiger partial charge in [0.15, 0.2) is 0 Å². The van der Waals surface area contributed by atoms with E-state index in [2.05, 4.69) is 10.3 Å². The molecule has 0 spiro atoms. The summed E-state index contributed by atoms with van der Waals surface area (Å²) >= 11 is 0. The van der Waals surface area contributed by atoms with Gasteiger partial charge in [-0.15, -0.1) is 0 Å². The van der Waals surface area contributed by atoms with Gasteiger partial charge in [-0.3, -0.25) is 4.79 Å². The van der Waals surface area contributed by atoms with Gasteiger partial charge in [0.2, 0.25) is 0 Å². The lowest BCUT2D eigenvalue weighted by Gasteiger charge is -2.22. The first kappa shape index (κ1) is 14.1. The lowest BCUT2D eigenvalue weighted by atomic mass is 10.1. The van der Waals surface area contributed by atoms with Crippen LogP contribution in [0.5, 0.6) is 0 Å². The number of nitrogens with one attached hydrogen (secondary N) is 1. The molecule has 0 saturated carbocycles. The zero-order chi connectivity index (χ0) is 14.5. The molecule has 104 valence electrons. The molecule has 0 aliphatic heterocycles. The van der Waals surface area contributed by atoms with Crippen molar-refractivity contribution in [1.29, 1.82) is 0 Å². The third-order valence-corrected chi connectivity index (χ3v) is 3.18. The van der Waals surface area contributed by atoms with E-state index in [1.165, 1.54) is 5.56 Å². The summed E-state index contributed by atoms with van der Waals surface area (Å²) in [6, 6.07) is 11.5. The van der Waals surface area contributed by atoms with E-state index in [9.17, 15) is 4.79 Å². The number of nitrogens with zero attached hydrogens (tertiary/aromatic N) is 2. The summed E-state index contributed by atoms with van der Waals surface area (Å²) in [6.07, 6.45) is 1.67. The highest BCUT2D eigenvalue weighted by molar-refractivity contribution is 6.09. The summed E-state index contributed by atoms with van der Waals surface area (Å²) in [5.41, 5.74) is 2.65. The van der Waals surface area contributed by atoms with Crippen molar-refractivity contribution in [2.24, 2.45) is 0 Å². The highest BCUT2D eigenvalue weighted by atomic mass is 16.2. The molecule has 1 amide bonds. The maximum Gasteiger partial charge on any atom is 0.262 e. The second-order valence-corrected chi connectivity index (χ2v) is 4.53. The smallest absolute Gasteiger partial charge is 0.262 e. The van der Waals surface area contributed by atoms with Crippen molar-refractivity contribution in [2.45, 2.75) is 13.8 Å². The van der Waals surface area contributed by atoms with Crippen molar-refractivity contribution >= 4 is 17.4 Å². The molecule has 1 aromatic carbocycles. The number of carbonyl (C=O) groups excluding carboxylic acids is 1. The number of carbonyl (C=O) groups is 1. The summed E-state index contributed by atoms with van der Waals surface area (Å²) in [5, 5.41) is 2.96. The average Bonchev–Trinajstić information content (AvgIpc) is 2.49. The highest BCUT2D eigenvalue weighted by Crippen LogP contribution is 2.20. The van der Waals surface area contributed by atoms with Crippen molar-refractivity contribution in [3.8, 4) is 0 Å². The number of rotatable bonds is 4. The molecule has 2 aromatic rings. The van der Waals surface area contributed by atoms with Gasteiger partial charge in [0.05, 0.1) is 5.56 Å². The van der Waals surface area contributed by atoms with Crippen LogP contribution in [-0.2, 0) is 0 Å². The molecule has 0 radical (unpaired) electrons. The van der Waals surface area contributed by atoms with E-state index in [1.807, 2.05) is 38.1 Å². The van der Waals surface area contributed by atoms with E-state index in [1.54, 1.807) is 30.3 Å². The van der Waals surface area contributed by atoms with Gasteiger partial charge in [-0.2, -0.15) is 0 Å². The molecule has 1 N–H and O–H groups in total. The number of anilines is 2. The molecule has 20 heavy (non-hydrogen) atoms. The first-order chi connectivity index (χ1) is 9.67. The van der Waals surface area contributed by atoms with Gasteiger partial charge in [-0.1, -0.05) is 17.7 Å². The van der Waals surface area contributed by atoms with Crippen LogP contribution in [0.3, 0.4) is 0 Å². The fourth-order valence-electron chi connectivity index (χ4n) is 2.09. The Morgan fingerprint density at radius 2 is 1.95 bits per heavy atom. The van der Waals surface area contributed by atoms with Gasteiger partial charge in [0.1, 0.15) is 5.82 Å². The van der Waals surface area contributed by atoms with Crippen molar-refractivity contribution in [2.75, 3.05) is 23.8 Å². The molecule has 0 aliphatic carbocycles. The quantitative estimate of drug-likeness (QED) is 0.927. The number of benzene rings is 1. The third kappa shape index (κ3) is 2.79. The largest absolute Gasteiger partial charge is 0.372 e. The molecule has 1 aromatic heterocycles. The van der Waals surface area contributed by atoms with Gasteiger partial charge in [-0.05, 0) is 38.1 Å². The second-order valence-electron chi connectivity index (χ2n) is 4.53. The Balaban J connectivity index is 2.36. The predicted molar refractivity (Wildman–Crippen MR) is 82.3 cm³/mol. The van der Waals surface area contributed by atoms with Gasteiger partial charge in [0.25, 0.3) is 5.91 Å². The SMILES string of the molecule is CCN(C(=O)c1cccnc1NC)c1ccc(C)cc1. The second kappa shape index (κ2) is 6.19. The van der Waals surface area contributed by atoms with Crippen LogP contribution in [0.15, 0.2) is 42.6 Å². The molecule has 0 unspecified atom stereocenters. The summed E-state index contributed by atoms with van der Waals surface area (Å²) in [5.74, 6) is 0.553. The van der Waals surface area contributed by atoms with E-state index < -0.39 is 0 Å². The highest BCUT2D eigenvalue weighted by Gasteiger charge is 2.19. The van der Waals surface area contributed by atoms with Crippen LogP contribution in [0.1, 0.15) is 22.8 Å². The van der Waals surface area contributed by atoms with Crippen LogP contribution < -0.4 is 10.2 Å². The normalized spacial score (nSPS) is 10.2.